The molecule has 152 valence electrons. The van der Waals surface area contributed by atoms with Crippen LogP contribution in [0.5, 0.6) is 0 Å². The number of aromatic nitrogens is 1. The van der Waals surface area contributed by atoms with Gasteiger partial charge in [-0.15, -0.1) is 11.3 Å². The van der Waals surface area contributed by atoms with Crippen LogP contribution in [0, 0.1) is 0 Å². The summed E-state index contributed by atoms with van der Waals surface area (Å²) in [6.45, 7) is 2.68. The monoisotopic (exact) mass is 427 g/mol. The van der Waals surface area contributed by atoms with Gasteiger partial charge in [-0.1, -0.05) is 0 Å². The predicted molar refractivity (Wildman–Crippen MR) is 118 cm³/mol. The van der Waals surface area contributed by atoms with E-state index in [4.69, 9.17) is 4.42 Å². The number of thiophene rings is 1. The van der Waals surface area contributed by atoms with Crippen LogP contribution in [0.4, 0.5) is 0 Å². The van der Waals surface area contributed by atoms with Crippen molar-refractivity contribution in [1.29, 1.82) is 0 Å². The third kappa shape index (κ3) is 3.79. The van der Waals surface area contributed by atoms with E-state index in [0.29, 0.717) is 6.54 Å². The van der Waals surface area contributed by atoms with E-state index in [9.17, 15) is 4.79 Å². The van der Waals surface area contributed by atoms with Gasteiger partial charge in [-0.3, -0.25) is 9.69 Å². The third-order valence-corrected chi connectivity index (χ3v) is 8.19. The summed E-state index contributed by atoms with van der Waals surface area (Å²) in [4.78, 5) is 17.2. The van der Waals surface area contributed by atoms with Gasteiger partial charge in [0.1, 0.15) is 10.8 Å². The Morgan fingerprint density at radius 3 is 2.79 bits per heavy atom. The summed E-state index contributed by atoms with van der Waals surface area (Å²) >= 11 is 3.71. The molecular formula is C22H25N3O2S2. The third-order valence-electron chi connectivity index (χ3n) is 5.78. The lowest BCUT2D eigenvalue weighted by Gasteiger charge is -2.26. The molecule has 3 aromatic rings. The molecule has 0 radical (unpaired) electrons. The van der Waals surface area contributed by atoms with Gasteiger partial charge in [-0.25, -0.2) is 0 Å². The SMILES string of the molecule is O=C(NC[C@@H](c1ccco1)N1CCCC1)c1c(-n2cccc2)sc2c1CCSC2. The zero-order valence-corrected chi connectivity index (χ0v) is 17.9. The number of fused-ring (bicyclic) bond motifs is 1. The molecule has 2 aliphatic rings. The average molecular weight is 428 g/mol. The molecule has 0 saturated carbocycles. The Kier molecular flexibility index (Phi) is 5.52. The lowest BCUT2D eigenvalue weighted by molar-refractivity contribution is 0.0933. The van der Waals surface area contributed by atoms with E-state index < -0.39 is 0 Å². The van der Waals surface area contributed by atoms with Crippen LogP contribution in [-0.4, -0.2) is 40.8 Å². The average Bonchev–Trinajstić information content (AvgIpc) is 3.55. The number of likely N-dealkylation sites (tertiary alicyclic amines) is 1. The van der Waals surface area contributed by atoms with Crippen LogP contribution in [0.1, 0.15) is 45.4 Å². The molecular weight excluding hydrogens is 402 g/mol. The van der Waals surface area contributed by atoms with E-state index in [1.165, 1.54) is 23.3 Å². The Balaban J connectivity index is 1.41. The number of thioether (sulfide) groups is 1. The van der Waals surface area contributed by atoms with E-state index >= 15 is 0 Å². The number of carbonyl (C=O) groups excluding carboxylic acids is 1. The van der Waals surface area contributed by atoms with Gasteiger partial charge in [0.25, 0.3) is 5.91 Å². The molecule has 29 heavy (non-hydrogen) atoms. The Morgan fingerprint density at radius 2 is 2.03 bits per heavy atom. The van der Waals surface area contributed by atoms with Crippen LogP contribution in [0.15, 0.2) is 47.3 Å². The molecule has 0 bridgehead atoms. The molecule has 0 unspecified atom stereocenters. The zero-order chi connectivity index (χ0) is 19.6. The van der Waals surface area contributed by atoms with Gasteiger partial charge in [0.05, 0.1) is 17.9 Å². The van der Waals surface area contributed by atoms with E-state index in [1.54, 1.807) is 17.6 Å². The quantitative estimate of drug-likeness (QED) is 0.630. The predicted octanol–water partition coefficient (Wildman–Crippen LogP) is 4.49. The number of amides is 1. The molecule has 7 heteroatoms. The van der Waals surface area contributed by atoms with Crippen molar-refractivity contribution in [2.75, 3.05) is 25.4 Å². The fourth-order valence-electron chi connectivity index (χ4n) is 4.33. The Bertz CT molecular complexity index is 957. The van der Waals surface area contributed by atoms with Crippen molar-refractivity contribution in [1.82, 2.24) is 14.8 Å². The van der Waals surface area contributed by atoms with Crippen molar-refractivity contribution >= 4 is 29.0 Å². The van der Waals surface area contributed by atoms with Gasteiger partial charge in [-0.2, -0.15) is 11.8 Å². The van der Waals surface area contributed by atoms with Crippen molar-refractivity contribution in [3.05, 3.63) is 64.7 Å². The summed E-state index contributed by atoms with van der Waals surface area (Å²) in [5, 5.41) is 4.29. The fourth-order valence-corrected chi connectivity index (χ4v) is 6.77. The van der Waals surface area contributed by atoms with Gasteiger partial charge in [0, 0.05) is 29.6 Å². The minimum absolute atomic E-state index is 0.0360. The number of hydrogen-bond acceptors (Lipinski definition) is 5. The first-order chi connectivity index (χ1) is 14.3. The van der Waals surface area contributed by atoms with Gasteiger partial charge >= 0.3 is 0 Å². The van der Waals surface area contributed by atoms with Crippen LogP contribution in [0.25, 0.3) is 5.00 Å². The van der Waals surface area contributed by atoms with Crippen LogP contribution >= 0.6 is 23.1 Å². The standard InChI is InChI=1S/C22H25N3O2S2/c26-21(23-14-17(18-6-5-12-27-18)24-8-1-2-9-24)20-16-7-13-28-15-19(16)29-22(20)25-10-3-4-11-25/h3-6,10-12,17H,1-2,7-9,13-15H2,(H,23,26)/t17-/m0/s1. The highest BCUT2D eigenvalue weighted by atomic mass is 32.2. The van der Waals surface area contributed by atoms with Gasteiger partial charge in [-0.05, 0) is 67.9 Å². The first-order valence-electron chi connectivity index (χ1n) is 10.2. The topological polar surface area (TPSA) is 50.4 Å². The lowest BCUT2D eigenvalue weighted by Crippen LogP contribution is -2.37. The summed E-state index contributed by atoms with van der Waals surface area (Å²) in [5.41, 5.74) is 2.10. The Labute approximate surface area is 179 Å². The van der Waals surface area contributed by atoms with E-state index in [0.717, 1.165) is 47.3 Å². The molecule has 5 rings (SSSR count). The highest BCUT2D eigenvalue weighted by Crippen LogP contribution is 2.38. The maximum Gasteiger partial charge on any atom is 0.254 e. The molecule has 1 saturated heterocycles. The summed E-state index contributed by atoms with van der Waals surface area (Å²) in [6.07, 6.45) is 9.15. The second-order valence-electron chi connectivity index (χ2n) is 7.56. The van der Waals surface area contributed by atoms with Gasteiger partial charge < -0.3 is 14.3 Å². The summed E-state index contributed by atoms with van der Waals surface area (Å²) in [6, 6.07) is 8.06. The Morgan fingerprint density at radius 1 is 1.21 bits per heavy atom. The number of rotatable bonds is 6. The molecule has 1 amide bonds. The smallest absolute Gasteiger partial charge is 0.254 e. The minimum Gasteiger partial charge on any atom is -0.468 e. The van der Waals surface area contributed by atoms with E-state index in [1.807, 2.05) is 48.4 Å². The highest BCUT2D eigenvalue weighted by Gasteiger charge is 2.29. The second kappa shape index (κ2) is 8.42. The largest absolute Gasteiger partial charge is 0.468 e. The number of nitrogens with one attached hydrogen (secondary N) is 1. The second-order valence-corrected chi connectivity index (χ2v) is 9.75. The maximum absolute atomic E-state index is 13.4. The first-order valence-corrected chi connectivity index (χ1v) is 12.2. The normalized spacial score (nSPS) is 17.9. The summed E-state index contributed by atoms with van der Waals surface area (Å²) < 4.78 is 7.78. The van der Waals surface area contributed by atoms with Crippen LogP contribution in [0.2, 0.25) is 0 Å². The lowest BCUT2D eigenvalue weighted by atomic mass is 10.1. The van der Waals surface area contributed by atoms with Crippen molar-refractivity contribution in [2.24, 2.45) is 0 Å². The van der Waals surface area contributed by atoms with Crippen molar-refractivity contribution in [3.8, 4) is 5.00 Å². The van der Waals surface area contributed by atoms with Gasteiger partial charge in [0.2, 0.25) is 0 Å². The fraction of sp³-hybridized carbons (Fsp3) is 0.409. The highest BCUT2D eigenvalue weighted by molar-refractivity contribution is 7.98. The summed E-state index contributed by atoms with van der Waals surface area (Å²) in [5.74, 6) is 3.05. The van der Waals surface area contributed by atoms with Crippen LogP contribution in [-0.2, 0) is 12.2 Å². The minimum atomic E-state index is 0.0360. The molecule has 1 fully saturated rings. The number of hydrogen-bond donors (Lipinski definition) is 1. The molecule has 1 N–H and O–H groups in total. The zero-order valence-electron chi connectivity index (χ0n) is 16.3. The molecule has 0 spiro atoms. The molecule has 0 aromatic carbocycles. The first kappa shape index (κ1) is 19.0. The van der Waals surface area contributed by atoms with Crippen LogP contribution in [0.3, 0.4) is 0 Å². The molecule has 0 aliphatic carbocycles. The molecule has 5 heterocycles. The Hall–Kier alpha value is -1.96. The molecule has 1 atom stereocenters. The van der Waals surface area contributed by atoms with E-state index in [2.05, 4.69) is 14.8 Å². The molecule has 3 aromatic heterocycles. The van der Waals surface area contributed by atoms with Crippen molar-refractivity contribution < 1.29 is 9.21 Å². The number of furan rings is 1. The molecule has 5 nitrogen and oxygen atoms in total. The number of nitrogens with zero attached hydrogens (tertiary/aromatic N) is 2. The number of carbonyl (C=O) groups is 1. The summed E-state index contributed by atoms with van der Waals surface area (Å²) in [7, 11) is 0. The van der Waals surface area contributed by atoms with Crippen molar-refractivity contribution in [2.45, 2.75) is 31.1 Å². The van der Waals surface area contributed by atoms with Crippen LogP contribution < -0.4 is 5.32 Å². The van der Waals surface area contributed by atoms with Gasteiger partial charge in [0.15, 0.2) is 0 Å². The molecule has 2 aliphatic heterocycles. The van der Waals surface area contributed by atoms with Crippen molar-refractivity contribution in [3.63, 3.8) is 0 Å². The van der Waals surface area contributed by atoms with E-state index in [-0.39, 0.29) is 11.9 Å². The maximum atomic E-state index is 13.4.